The van der Waals surface area contributed by atoms with E-state index in [0.717, 1.165) is 6.42 Å². The summed E-state index contributed by atoms with van der Waals surface area (Å²) in [6.45, 7) is 2.05. The Morgan fingerprint density at radius 2 is 2.17 bits per heavy atom. The number of carbonyl (C=O) groups excluding carboxylic acids is 3. The van der Waals surface area contributed by atoms with Crippen LogP contribution in [0.25, 0.3) is 0 Å². The fourth-order valence-corrected chi connectivity index (χ4v) is 3.14. The largest absolute Gasteiger partial charge is 0.354 e. The highest BCUT2D eigenvalue weighted by Gasteiger charge is 2.32. The molecule has 1 aromatic heterocycles. The average Bonchev–Trinajstić information content (AvgIpc) is 3.02. The third-order valence-corrected chi connectivity index (χ3v) is 4.54. The van der Waals surface area contributed by atoms with E-state index in [1.165, 1.54) is 0 Å². The van der Waals surface area contributed by atoms with E-state index in [9.17, 15) is 14.4 Å². The highest BCUT2D eigenvalue weighted by molar-refractivity contribution is 5.94. The molecule has 8 nitrogen and oxygen atoms in total. The molecular weight excluding hydrogens is 310 g/mol. The smallest absolute Gasteiger partial charge is 0.270 e. The second-order valence-electron chi connectivity index (χ2n) is 6.26. The number of hydrogen-bond acceptors (Lipinski definition) is 4. The number of rotatable bonds is 3. The van der Waals surface area contributed by atoms with Crippen LogP contribution in [-0.4, -0.2) is 65.5 Å². The summed E-state index contributed by atoms with van der Waals surface area (Å²) in [6.07, 6.45) is 3.32. The van der Waals surface area contributed by atoms with Gasteiger partial charge in [0.2, 0.25) is 11.8 Å². The van der Waals surface area contributed by atoms with Crippen molar-refractivity contribution in [2.75, 3.05) is 26.2 Å². The molecule has 3 rings (SSSR count). The Morgan fingerprint density at radius 3 is 2.88 bits per heavy atom. The number of aryl methyl sites for hydroxylation is 1. The van der Waals surface area contributed by atoms with E-state index < -0.39 is 12.1 Å². The standard InChI is InChI=1S/C16H23N5O3/c1-20-8-3-5-13(20)16(24)21-9-7-17-12(10-21)15(23)19-11-4-2-6-18-14(11)22/h3,5,8,11-12,17H,2,4,6-7,9-10H2,1H3,(H,18,22)(H,19,23). The van der Waals surface area contributed by atoms with Gasteiger partial charge in [0.05, 0.1) is 0 Å². The molecule has 2 fully saturated rings. The lowest BCUT2D eigenvalue weighted by molar-refractivity contribution is -0.131. The van der Waals surface area contributed by atoms with Crippen LogP contribution < -0.4 is 16.0 Å². The first-order valence-corrected chi connectivity index (χ1v) is 8.28. The Morgan fingerprint density at radius 1 is 1.33 bits per heavy atom. The molecule has 1 aromatic rings. The van der Waals surface area contributed by atoms with Gasteiger partial charge in [0, 0.05) is 39.4 Å². The molecule has 130 valence electrons. The van der Waals surface area contributed by atoms with Crippen LogP contribution in [0.3, 0.4) is 0 Å². The van der Waals surface area contributed by atoms with Gasteiger partial charge >= 0.3 is 0 Å². The quantitative estimate of drug-likeness (QED) is 0.650. The van der Waals surface area contributed by atoms with Crippen LogP contribution in [0.15, 0.2) is 18.3 Å². The zero-order chi connectivity index (χ0) is 17.1. The van der Waals surface area contributed by atoms with E-state index >= 15 is 0 Å². The summed E-state index contributed by atoms with van der Waals surface area (Å²) in [5.41, 5.74) is 0.600. The van der Waals surface area contributed by atoms with Crippen LogP contribution in [-0.2, 0) is 16.6 Å². The monoisotopic (exact) mass is 333 g/mol. The number of nitrogens with one attached hydrogen (secondary N) is 3. The van der Waals surface area contributed by atoms with Crippen LogP contribution in [0.5, 0.6) is 0 Å². The van der Waals surface area contributed by atoms with Crippen LogP contribution in [0.1, 0.15) is 23.3 Å². The molecule has 8 heteroatoms. The van der Waals surface area contributed by atoms with Gasteiger partial charge in [-0.3, -0.25) is 14.4 Å². The van der Waals surface area contributed by atoms with E-state index in [2.05, 4.69) is 16.0 Å². The summed E-state index contributed by atoms with van der Waals surface area (Å²) in [4.78, 5) is 38.5. The molecule has 0 aliphatic carbocycles. The maximum Gasteiger partial charge on any atom is 0.270 e. The van der Waals surface area contributed by atoms with Crippen molar-refractivity contribution in [1.82, 2.24) is 25.4 Å². The Labute approximate surface area is 140 Å². The third-order valence-electron chi connectivity index (χ3n) is 4.54. The minimum absolute atomic E-state index is 0.0859. The van der Waals surface area contributed by atoms with Gasteiger partial charge in [-0.15, -0.1) is 0 Å². The van der Waals surface area contributed by atoms with Crippen LogP contribution >= 0.6 is 0 Å². The molecular formula is C16H23N5O3. The van der Waals surface area contributed by atoms with Crippen molar-refractivity contribution in [3.8, 4) is 0 Å². The molecule has 0 radical (unpaired) electrons. The van der Waals surface area contributed by atoms with Crippen LogP contribution in [0.2, 0.25) is 0 Å². The normalized spacial score (nSPS) is 24.4. The molecule has 2 saturated heterocycles. The van der Waals surface area contributed by atoms with Gasteiger partial charge in [0.1, 0.15) is 17.8 Å². The zero-order valence-electron chi connectivity index (χ0n) is 13.7. The predicted molar refractivity (Wildman–Crippen MR) is 87.3 cm³/mol. The maximum atomic E-state index is 12.6. The topological polar surface area (TPSA) is 95.5 Å². The lowest BCUT2D eigenvalue weighted by Gasteiger charge is -2.34. The Balaban J connectivity index is 1.60. The molecule has 3 amide bonds. The van der Waals surface area contributed by atoms with Crippen molar-refractivity contribution in [2.24, 2.45) is 7.05 Å². The summed E-state index contributed by atoms with van der Waals surface area (Å²) >= 11 is 0. The van der Waals surface area contributed by atoms with Gasteiger partial charge in [-0.2, -0.15) is 0 Å². The number of amides is 3. The second-order valence-corrected chi connectivity index (χ2v) is 6.26. The van der Waals surface area contributed by atoms with E-state index in [4.69, 9.17) is 0 Å². The van der Waals surface area contributed by atoms with Crippen LogP contribution in [0, 0.1) is 0 Å². The molecule has 2 aliphatic heterocycles. The minimum atomic E-state index is -0.502. The molecule has 3 heterocycles. The maximum absolute atomic E-state index is 12.6. The molecule has 2 aliphatic rings. The lowest BCUT2D eigenvalue weighted by atomic mass is 10.1. The number of hydrogen-bond donors (Lipinski definition) is 3. The zero-order valence-corrected chi connectivity index (χ0v) is 13.7. The fourth-order valence-electron chi connectivity index (χ4n) is 3.14. The molecule has 2 unspecified atom stereocenters. The first-order chi connectivity index (χ1) is 11.6. The van der Waals surface area contributed by atoms with E-state index in [-0.39, 0.29) is 17.7 Å². The number of piperidine rings is 1. The fraction of sp³-hybridized carbons (Fsp3) is 0.562. The SMILES string of the molecule is Cn1cccc1C(=O)N1CCNC(C(=O)NC2CCCNC2=O)C1. The number of aromatic nitrogens is 1. The first-order valence-electron chi connectivity index (χ1n) is 8.28. The van der Waals surface area contributed by atoms with Crippen molar-refractivity contribution in [2.45, 2.75) is 24.9 Å². The van der Waals surface area contributed by atoms with Gasteiger partial charge in [-0.05, 0) is 25.0 Å². The van der Waals surface area contributed by atoms with Gasteiger partial charge in [0.15, 0.2) is 0 Å². The van der Waals surface area contributed by atoms with Gasteiger partial charge in [0.25, 0.3) is 5.91 Å². The van der Waals surface area contributed by atoms with E-state index in [1.807, 2.05) is 19.3 Å². The van der Waals surface area contributed by atoms with Crippen molar-refractivity contribution < 1.29 is 14.4 Å². The molecule has 24 heavy (non-hydrogen) atoms. The van der Waals surface area contributed by atoms with Crippen molar-refractivity contribution in [1.29, 1.82) is 0 Å². The number of nitrogens with zero attached hydrogens (tertiary/aromatic N) is 2. The lowest BCUT2D eigenvalue weighted by Crippen LogP contribution is -2.61. The Hall–Kier alpha value is -2.35. The highest BCUT2D eigenvalue weighted by Crippen LogP contribution is 2.09. The summed E-state index contributed by atoms with van der Waals surface area (Å²) in [7, 11) is 1.82. The van der Waals surface area contributed by atoms with Gasteiger partial charge < -0.3 is 25.4 Å². The molecule has 0 bridgehead atoms. The summed E-state index contributed by atoms with van der Waals surface area (Å²) in [5.74, 6) is -0.458. The number of piperazine rings is 1. The van der Waals surface area contributed by atoms with Crippen molar-refractivity contribution in [3.63, 3.8) is 0 Å². The highest BCUT2D eigenvalue weighted by atomic mass is 16.2. The predicted octanol–water partition coefficient (Wildman–Crippen LogP) is -1.17. The van der Waals surface area contributed by atoms with Gasteiger partial charge in [-0.25, -0.2) is 0 Å². The Kier molecular flexibility index (Phi) is 4.84. The molecule has 0 spiro atoms. The summed E-state index contributed by atoms with van der Waals surface area (Å²) < 4.78 is 1.77. The van der Waals surface area contributed by atoms with E-state index in [1.54, 1.807) is 15.5 Å². The minimum Gasteiger partial charge on any atom is -0.354 e. The van der Waals surface area contributed by atoms with Crippen LogP contribution in [0.4, 0.5) is 0 Å². The third kappa shape index (κ3) is 3.43. The van der Waals surface area contributed by atoms with E-state index in [0.29, 0.717) is 38.3 Å². The summed E-state index contributed by atoms with van der Waals surface area (Å²) in [6, 6.07) is 2.61. The second kappa shape index (κ2) is 7.04. The molecule has 2 atom stereocenters. The number of carbonyl (C=O) groups is 3. The van der Waals surface area contributed by atoms with Crippen molar-refractivity contribution >= 4 is 17.7 Å². The molecule has 3 N–H and O–H groups in total. The average molecular weight is 333 g/mol. The van der Waals surface area contributed by atoms with Gasteiger partial charge in [-0.1, -0.05) is 0 Å². The summed E-state index contributed by atoms with van der Waals surface area (Å²) in [5, 5.41) is 8.66. The first kappa shape index (κ1) is 16.5. The Bertz CT molecular complexity index is 641. The molecule has 0 saturated carbocycles. The molecule has 0 aromatic carbocycles. The van der Waals surface area contributed by atoms with Crippen molar-refractivity contribution in [3.05, 3.63) is 24.0 Å².